The Labute approximate surface area is 168 Å². The molecule has 1 amide bonds. The second kappa shape index (κ2) is 12.1. The first kappa shape index (κ1) is 23.6. The van der Waals surface area contributed by atoms with E-state index in [2.05, 4.69) is 27.0 Å². The average molecular weight is 462 g/mol. The lowest BCUT2D eigenvalue weighted by Crippen LogP contribution is -2.48. The normalized spacial score (nSPS) is 11.5. The van der Waals surface area contributed by atoms with Gasteiger partial charge < -0.3 is 20.7 Å². The molecule has 142 valence electrons. The largest absolute Gasteiger partial charge is 0.380 e. The molecule has 0 aliphatic rings. The molecule has 0 fully saturated rings. The number of halogens is 1. The van der Waals surface area contributed by atoms with Crippen LogP contribution in [0.25, 0.3) is 0 Å². The summed E-state index contributed by atoms with van der Waals surface area (Å²) in [6.07, 6.45) is 0. The Morgan fingerprint density at radius 3 is 2.48 bits per heavy atom. The zero-order valence-corrected chi connectivity index (χ0v) is 18.1. The number of ether oxygens (including phenoxy) is 1. The number of hydrogen-bond donors (Lipinski definition) is 3. The maximum absolute atomic E-state index is 11.9. The van der Waals surface area contributed by atoms with Gasteiger partial charge in [-0.05, 0) is 38.8 Å². The minimum Gasteiger partial charge on any atom is -0.380 e. The van der Waals surface area contributed by atoms with E-state index in [0.717, 1.165) is 17.7 Å². The lowest BCUT2D eigenvalue weighted by atomic mass is 10.1. The molecule has 7 heteroatoms. The maximum Gasteiger partial charge on any atom is 0.239 e. The number of aliphatic imine (C=N–C) groups is 1. The Kier molecular flexibility index (Phi) is 11.4. The van der Waals surface area contributed by atoms with Gasteiger partial charge in [0.1, 0.15) is 0 Å². The van der Waals surface area contributed by atoms with Crippen LogP contribution in [0.1, 0.15) is 38.8 Å². The van der Waals surface area contributed by atoms with Crippen LogP contribution in [0.5, 0.6) is 0 Å². The fraction of sp³-hybridized carbons (Fsp3) is 0.556. The summed E-state index contributed by atoms with van der Waals surface area (Å²) in [6, 6.07) is 8.12. The van der Waals surface area contributed by atoms with E-state index in [-0.39, 0.29) is 42.0 Å². The van der Waals surface area contributed by atoms with Crippen LogP contribution in [0.2, 0.25) is 0 Å². The van der Waals surface area contributed by atoms with Gasteiger partial charge in [-0.25, -0.2) is 4.99 Å². The van der Waals surface area contributed by atoms with Crippen LogP contribution in [-0.4, -0.2) is 37.6 Å². The molecule has 6 nitrogen and oxygen atoms in total. The van der Waals surface area contributed by atoms with Gasteiger partial charge >= 0.3 is 0 Å². The highest BCUT2D eigenvalue weighted by Gasteiger charge is 2.13. The van der Waals surface area contributed by atoms with Gasteiger partial charge in [-0.2, -0.15) is 0 Å². The summed E-state index contributed by atoms with van der Waals surface area (Å²) in [6.45, 7) is 9.90. The second-order valence-corrected chi connectivity index (χ2v) is 6.60. The molecule has 3 N–H and O–H groups in total. The fourth-order valence-electron chi connectivity index (χ4n) is 2.12. The van der Waals surface area contributed by atoms with Crippen LogP contribution in [-0.2, 0) is 22.7 Å². The Balaban J connectivity index is 0.00000576. The van der Waals surface area contributed by atoms with Crippen molar-refractivity contribution in [2.75, 3.05) is 20.2 Å². The van der Waals surface area contributed by atoms with E-state index in [4.69, 9.17) is 4.74 Å². The maximum atomic E-state index is 11.9. The molecular weight excluding hydrogens is 431 g/mol. The third-order valence-corrected chi connectivity index (χ3v) is 3.00. The van der Waals surface area contributed by atoms with Crippen molar-refractivity contribution in [1.29, 1.82) is 0 Å². The molecule has 1 rings (SSSR count). The molecule has 0 bridgehead atoms. The van der Waals surface area contributed by atoms with Crippen molar-refractivity contribution in [3.63, 3.8) is 0 Å². The summed E-state index contributed by atoms with van der Waals surface area (Å²) >= 11 is 0. The third-order valence-electron chi connectivity index (χ3n) is 3.00. The lowest BCUT2D eigenvalue weighted by Gasteiger charge is -2.21. The predicted molar refractivity (Wildman–Crippen MR) is 113 cm³/mol. The molecule has 1 aromatic rings. The van der Waals surface area contributed by atoms with Gasteiger partial charge in [0.2, 0.25) is 5.91 Å². The molecule has 0 heterocycles. The van der Waals surface area contributed by atoms with Crippen LogP contribution in [0, 0.1) is 0 Å². The van der Waals surface area contributed by atoms with Crippen molar-refractivity contribution >= 4 is 35.8 Å². The smallest absolute Gasteiger partial charge is 0.239 e. The molecule has 0 atom stereocenters. The third kappa shape index (κ3) is 11.0. The van der Waals surface area contributed by atoms with E-state index in [0.29, 0.717) is 19.1 Å². The van der Waals surface area contributed by atoms with Gasteiger partial charge in [-0.15, -0.1) is 24.0 Å². The van der Waals surface area contributed by atoms with Crippen LogP contribution in [0.3, 0.4) is 0 Å². The Morgan fingerprint density at radius 1 is 1.20 bits per heavy atom. The van der Waals surface area contributed by atoms with Crippen LogP contribution >= 0.6 is 24.0 Å². The molecule has 0 aliphatic carbocycles. The summed E-state index contributed by atoms with van der Waals surface area (Å²) in [7, 11) is 1.68. The number of methoxy groups -OCH3 is 1. The number of benzene rings is 1. The zero-order chi connectivity index (χ0) is 18.0. The van der Waals surface area contributed by atoms with Crippen molar-refractivity contribution in [2.45, 2.75) is 46.4 Å². The van der Waals surface area contributed by atoms with Gasteiger partial charge in [-0.3, -0.25) is 4.79 Å². The molecule has 0 aromatic heterocycles. The van der Waals surface area contributed by atoms with Gasteiger partial charge in [0.05, 0.1) is 19.7 Å². The van der Waals surface area contributed by atoms with E-state index >= 15 is 0 Å². The minimum absolute atomic E-state index is 0. The van der Waals surface area contributed by atoms with Gasteiger partial charge in [0.25, 0.3) is 0 Å². The van der Waals surface area contributed by atoms with Crippen LogP contribution in [0.4, 0.5) is 0 Å². The van der Waals surface area contributed by atoms with Gasteiger partial charge in [0.15, 0.2) is 5.96 Å². The molecule has 1 aromatic carbocycles. The molecule has 0 radical (unpaired) electrons. The predicted octanol–water partition coefficient (Wildman–Crippen LogP) is 2.42. The molecule has 0 saturated heterocycles. The van der Waals surface area contributed by atoms with Crippen molar-refractivity contribution in [1.82, 2.24) is 16.0 Å². The van der Waals surface area contributed by atoms with Crippen molar-refractivity contribution in [3.05, 3.63) is 35.4 Å². The Morgan fingerprint density at radius 2 is 1.88 bits per heavy atom. The summed E-state index contributed by atoms with van der Waals surface area (Å²) in [5.41, 5.74) is 1.98. The number of hydrogen-bond acceptors (Lipinski definition) is 3. The SMILES string of the molecule is CCNC(=NCc1cccc(COC)c1)NCC(=O)NC(C)(C)C.I. The topological polar surface area (TPSA) is 74.8 Å². The Bertz CT molecular complexity index is 556. The number of guanidine groups is 1. The highest BCUT2D eigenvalue weighted by Crippen LogP contribution is 2.07. The lowest BCUT2D eigenvalue weighted by molar-refractivity contribution is -0.121. The number of rotatable bonds is 7. The Hall–Kier alpha value is -1.35. The van der Waals surface area contributed by atoms with E-state index in [1.54, 1.807) is 7.11 Å². The van der Waals surface area contributed by atoms with E-state index in [1.807, 2.05) is 45.9 Å². The van der Waals surface area contributed by atoms with E-state index in [1.165, 1.54) is 0 Å². The first-order valence-electron chi connectivity index (χ1n) is 8.24. The second-order valence-electron chi connectivity index (χ2n) is 6.60. The quantitative estimate of drug-likeness (QED) is 0.331. The van der Waals surface area contributed by atoms with E-state index < -0.39 is 0 Å². The molecule has 0 saturated carbocycles. The number of carbonyl (C=O) groups is 1. The summed E-state index contributed by atoms with van der Waals surface area (Å²) < 4.78 is 5.15. The monoisotopic (exact) mass is 462 g/mol. The average Bonchev–Trinajstić information content (AvgIpc) is 2.49. The molecule has 0 aliphatic heterocycles. The summed E-state index contributed by atoms with van der Waals surface area (Å²) in [4.78, 5) is 16.4. The molecule has 0 unspecified atom stereocenters. The highest BCUT2D eigenvalue weighted by molar-refractivity contribution is 14.0. The van der Waals surface area contributed by atoms with Gasteiger partial charge in [-0.1, -0.05) is 24.3 Å². The summed E-state index contributed by atoms with van der Waals surface area (Å²) in [5.74, 6) is 0.564. The molecular formula is C18H31IN4O2. The fourth-order valence-corrected chi connectivity index (χ4v) is 2.12. The molecule has 0 spiro atoms. The van der Waals surface area contributed by atoms with Gasteiger partial charge in [0, 0.05) is 19.2 Å². The standard InChI is InChI=1S/C18H30N4O2.HI/c1-6-19-17(21-12-16(23)22-18(2,3)4)20-11-14-8-7-9-15(10-14)13-24-5;/h7-10H,6,11-13H2,1-5H3,(H,22,23)(H2,19,20,21);1H. The van der Waals surface area contributed by atoms with Crippen molar-refractivity contribution < 1.29 is 9.53 Å². The zero-order valence-electron chi connectivity index (χ0n) is 15.8. The number of nitrogens with zero attached hydrogens (tertiary/aromatic N) is 1. The summed E-state index contributed by atoms with van der Waals surface area (Å²) in [5, 5.41) is 9.11. The van der Waals surface area contributed by atoms with Crippen molar-refractivity contribution in [3.8, 4) is 0 Å². The first-order chi connectivity index (χ1) is 11.3. The number of carbonyl (C=O) groups excluding carboxylic acids is 1. The van der Waals surface area contributed by atoms with E-state index in [9.17, 15) is 4.79 Å². The number of amides is 1. The van der Waals surface area contributed by atoms with Crippen LogP contribution in [0.15, 0.2) is 29.3 Å². The first-order valence-corrected chi connectivity index (χ1v) is 8.24. The minimum atomic E-state index is -0.240. The van der Waals surface area contributed by atoms with Crippen molar-refractivity contribution in [2.24, 2.45) is 4.99 Å². The number of nitrogens with one attached hydrogen (secondary N) is 3. The highest BCUT2D eigenvalue weighted by atomic mass is 127. The molecule has 25 heavy (non-hydrogen) atoms. The van der Waals surface area contributed by atoms with Crippen LogP contribution < -0.4 is 16.0 Å².